The van der Waals surface area contributed by atoms with Crippen LogP contribution in [0.2, 0.25) is 0 Å². The lowest BCUT2D eigenvalue weighted by Crippen LogP contribution is -2.39. The van der Waals surface area contributed by atoms with Crippen molar-refractivity contribution >= 4 is 47.6 Å². The molecular weight excluding hydrogens is 466 g/mol. The molecule has 8 heteroatoms. The van der Waals surface area contributed by atoms with Crippen molar-refractivity contribution in [1.82, 2.24) is 15.5 Å². The molecule has 0 unspecified atom stereocenters. The Kier molecular flexibility index (Phi) is 11.7. The smallest absolute Gasteiger partial charge is 0.244 e. The van der Waals surface area contributed by atoms with Crippen LogP contribution in [0.3, 0.4) is 0 Å². The Labute approximate surface area is 176 Å². The molecule has 1 aromatic rings. The van der Waals surface area contributed by atoms with Crippen molar-refractivity contribution in [2.75, 3.05) is 38.5 Å². The minimum absolute atomic E-state index is 0. The van der Waals surface area contributed by atoms with Crippen LogP contribution in [0.25, 0.3) is 0 Å². The van der Waals surface area contributed by atoms with E-state index in [1.807, 2.05) is 11.8 Å². The van der Waals surface area contributed by atoms with Gasteiger partial charge in [-0.05, 0) is 56.2 Å². The van der Waals surface area contributed by atoms with Crippen molar-refractivity contribution in [2.24, 2.45) is 4.99 Å². The molecule has 1 aromatic carbocycles. The Hall–Kier alpha value is -1.03. The van der Waals surface area contributed by atoms with E-state index in [-0.39, 0.29) is 42.2 Å². The predicted molar refractivity (Wildman–Crippen MR) is 117 cm³/mol. The first-order valence-electron chi connectivity index (χ1n) is 8.87. The minimum Gasteiger partial charge on any atom is -0.357 e. The van der Waals surface area contributed by atoms with Crippen LogP contribution in [0.1, 0.15) is 26.2 Å². The van der Waals surface area contributed by atoms with Gasteiger partial charge in [-0.1, -0.05) is 0 Å². The standard InChI is InChI=1S/C18H27FN4OS.HI/c1-2-20-18(22-14-17(24)23-11-3-4-12-23)21-10-5-13-25-16-8-6-15(19)7-9-16;/h6-9H,2-5,10-14H2,1H3,(H2,20,21,22);1H. The highest BCUT2D eigenvalue weighted by Gasteiger charge is 2.17. The first kappa shape index (κ1) is 23.0. The van der Waals surface area contributed by atoms with Crippen molar-refractivity contribution in [3.8, 4) is 0 Å². The number of nitrogens with one attached hydrogen (secondary N) is 2. The number of benzene rings is 1. The summed E-state index contributed by atoms with van der Waals surface area (Å²) in [5.74, 6) is 1.51. The molecule has 1 aliphatic heterocycles. The highest BCUT2D eigenvalue weighted by molar-refractivity contribution is 14.0. The van der Waals surface area contributed by atoms with Crippen molar-refractivity contribution in [3.63, 3.8) is 0 Å². The van der Waals surface area contributed by atoms with Crippen molar-refractivity contribution in [3.05, 3.63) is 30.1 Å². The van der Waals surface area contributed by atoms with Gasteiger partial charge >= 0.3 is 0 Å². The summed E-state index contributed by atoms with van der Waals surface area (Å²) in [4.78, 5) is 19.4. The lowest BCUT2D eigenvalue weighted by atomic mass is 10.4. The van der Waals surface area contributed by atoms with Crippen LogP contribution in [0.5, 0.6) is 0 Å². The highest BCUT2D eigenvalue weighted by atomic mass is 127. The first-order chi connectivity index (χ1) is 12.2. The number of halogens is 2. The summed E-state index contributed by atoms with van der Waals surface area (Å²) in [5, 5.41) is 6.42. The highest BCUT2D eigenvalue weighted by Crippen LogP contribution is 2.18. The van der Waals surface area contributed by atoms with E-state index in [0.717, 1.165) is 56.1 Å². The number of rotatable bonds is 8. The van der Waals surface area contributed by atoms with Gasteiger partial charge in [0.05, 0.1) is 0 Å². The third-order valence-electron chi connectivity index (χ3n) is 3.87. The number of guanidine groups is 1. The van der Waals surface area contributed by atoms with Gasteiger partial charge in [-0.3, -0.25) is 4.79 Å². The van der Waals surface area contributed by atoms with E-state index in [0.29, 0.717) is 5.96 Å². The average Bonchev–Trinajstić information content (AvgIpc) is 3.15. The van der Waals surface area contributed by atoms with E-state index in [4.69, 9.17) is 0 Å². The van der Waals surface area contributed by atoms with E-state index in [9.17, 15) is 9.18 Å². The van der Waals surface area contributed by atoms with Crippen LogP contribution >= 0.6 is 35.7 Å². The molecule has 1 amide bonds. The number of hydrogen-bond donors (Lipinski definition) is 2. The molecule has 1 saturated heterocycles. The van der Waals surface area contributed by atoms with Crippen LogP contribution in [-0.2, 0) is 4.79 Å². The van der Waals surface area contributed by atoms with Crippen LogP contribution in [0.4, 0.5) is 4.39 Å². The predicted octanol–water partition coefficient (Wildman–Crippen LogP) is 3.10. The van der Waals surface area contributed by atoms with Gasteiger partial charge in [0.2, 0.25) is 5.91 Å². The SMILES string of the molecule is CCNC(=NCC(=O)N1CCCC1)NCCCSc1ccc(F)cc1.I. The number of aliphatic imine (C=N–C) groups is 1. The van der Waals surface area contributed by atoms with Gasteiger partial charge in [0.25, 0.3) is 0 Å². The molecule has 1 fully saturated rings. The molecule has 0 aliphatic carbocycles. The monoisotopic (exact) mass is 494 g/mol. The third kappa shape index (κ3) is 8.57. The molecule has 2 N–H and O–H groups in total. The van der Waals surface area contributed by atoms with Gasteiger partial charge < -0.3 is 15.5 Å². The third-order valence-corrected chi connectivity index (χ3v) is 4.97. The number of carbonyl (C=O) groups is 1. The fourth-order valence-corrected chi connectivity index (χ4v) is 3.41. The number of hydrogen-bond acceptors (Lipinski definition) is 3. The van der Waals surface area contributed by atoms with Crippen molar-refractivity contribution in [1.29, 1.82) is 0 Å². The normalized spacial score (nSPS) is 14.1. The molecule has 0 spiro atoms. The summed E-state index contributed by atoms with van der Waals surface area (Å²) < 4.78 is 12.9. The summed E-state index contributed by atoms with van der Waals surface area (Å²) in [6.45, 7) is 5.45. The van der Waals surface area contributed by atoms with Crippen LogP contribution in [0, 0.1) is 5.82 Å². The second kappa shape index (κ2) is 13.2. The molecule has 0 saturated carbocycles. The van der Waals surface area contributed by atoms with E-state index >= 15 is 0 Å². The molecule has 2 rings (SSSR count). The maximum Gasteiger partial charge on any atom is 0.244 e. The fraction of sp³-hybridized carbons (Fsp3) is 0.556. The Bertz CT molecular complexity index is 565. The zero-order chi connectivity index (χ0) is 17.9. The molecule has 146 valence electrons. The zero-order valence-corrected chi connectivity index (χ0v) is 18.3. The lowest BCUT2D eigenvalue weighted by Gasteiger charge is -2.15. The summed E-state index contributed by atoms with van der Waals surface area (Å²) in [6.07, 6.45) is 3.14. The zero-order valence-electron chi connectivity index (χ0n) is 15.2. The maximum atomic E-state index is 12.9. The second-order valence-corrected chi connectivity index (χ2v) is 7.03. The Balaban J connectivity index is 0.00000338. The summed E-state index contributed by atoms with van der Waals surface area (Å²) in [5.41, 5.74) is 0. The number of carbonyl (C=O) groups excluding carboxylic acids is 1. The average molecular weight is 494 g/mol. The Morgan fingerprint density at radius 1 is 1.23 bits per heavy atom. The molecule has 0 bridgehead atoms. The van der Waals surface area contributed by atoms with Gasteiger partial charge in [0.1, 0.15) is 12.4 Å². The number of nitrogens with zero attached hydrogens (tertiary/aromatic N) is 2. The maximum absolute atomic E-state index is 12.9. The Morgan fingerprint density at radius 3 is 2.58 bits per heavy atom. The quantitative estimate of drug-likeness (QED) is 0.192. The fourth-order valence-electron chi connectivity index (χ4n) is 2.55. The topological polar surface area (TPSA) is 56.7 Å². The van der Waals surface area contributed by atoms with Gasteiger partial charge in [-0.2, -0.15) is 0 Å². The summed E-state index contributed by atoms with van der Waals surface area (Å²) >= 11 is 1.70. The second-order valence-electron chi connectivity index (χ2n) is 5.87. The number of thioether (sulfide) groups is 1. The molecule has 5 nitrogen and oxygen atoms in total. The molecule has 26 heavy (non-hydrogen) atoms. The first-order valence-corrected chi connectivity index (χ1v) is 9.86. The van der Waals surface area contributed by atoms with Crippen molar-refractivity contribution < 1.29 is 9.18 Å². The van der Waals surface area contributed by atoms with Gasteiger partial charge in [0, 0.05) is 31.1 Å². The van der Waals surface area contributed by atoms with Gasteiger partial charge in [-0.15, -0.1) is 35.7 Å². The minimum atomic E-state index is -0.207. The summed E-state index contributed by atoms with van der Waals surface area (Å²) in [7, 11) is 0. The molecule has 0 atom stereocenters. The molecule has 1 heterocycles. The number of likely N-dealkylation sites (tertiary alicyclic amines) is 1. The van der Waals surface area contributed by atoms with Crippen LogP contribution < -0.4 is 10.6 Å². The van der Waals surface area contributed by atoms with E-state index in [2.05, 4.69) is 15.6 Å². The molecular formula is C18H28FIN4OS. The largest absolute Gasteiger partial charge is 0.357 e. The molecule has 1 aliphatic rings. The van der Waals surface area contributed by atoms with Crippen LogP contribution in [0.15, 0.2) is 34.2 Å². The number of amides is 1. The molecule has 0 radical (unpaired) electrons. The Morgan fingerprint density at radius 2 is 1.92 bits per heavy atom. The summed E-state index contributed by atoms with van der Waals surface area (Å²) in [6, 6.07) is 6.55. The van der Waals surface area contributed by atoms with E-state index in [1.54, 1.807) is 23.9 Å². The van der Waals surface area contributed by atoms with Gasteiger partial charge in [-0.25, -0.2) is 9.38 Å². The van der Waals surface area contributed by atoms with Crippen molar-refractivity contribution in [2.45, 2.75) is 31.1 Å². The molecule has 0 aromatic heterocycles. The van der Waals surface area contributed by atoms with E-state index in [1.165, 1.54) is 12.1 Å². The lowest BCUT2D eigenvalue weighted by molar-refractivity contribution is -0.128. The van der Waals surface area contributed by atoms with Gasteiger partial charge in [0.15, 0.2) is 5.96 Å². The van der Waals surface area contributed by atoms with E-state index < -0.39 is 0 Å². The van der Waals surface area contributed by atoms with Crippen LogP contribution in [-0.4, -0.2) is 55.2 Å².